The molecule has 6 rings (SSSR count). The average molecular weight is 392 g/mol. The maximum atomic E-state index is 13.4. The van der Waals surface area contributed by atoms with E-state index in [9.17, 15) is 13.6 Å². The molecule has 0 bridgehead atoms. The van der Waals surface area contributed by atoms with Gasteiger partial charge in [-0.25, -0.2) is 18.6 Å². The second kappa shape index (κ2) is 5.29. The summed E-state index contributed by atoms with van der Waals surface area (Å²) < 4.78 is 33.4. The zero-order chi connectivity index (χ0) is 18.3. The van der Waals surface area contributed by atoms with E-state index < -0.39 is 5.92 Å². The molecule has 1 aliphatic carbocycles. The maximum absolute atomic E-state index is 13.4. The van der Waals surface area contributed by atoms with Crippen LogP contribution in [0.3, 0.4) is 0 Å². The zero-order valence-electron chi connectivity index (χ0n) is 14.5. The van der Waals surface area contributed by atoms with Gasteiger partial charge in [0.25, 0.3) is 5.92 Å². The standard InChI is InChI=1S/C18H18F2N4O2S/c19-18(20)7-23(8-18)11-2-1-10-15(11)24(16(25)21-10)17-22-14-9-5-6-26-12(9)3-4-13(14)27-17/h3-4,10-11,15H,1-2,5-8H2,(H,21,25)/t10-,11-,15-/m0/s1. The van der Waals surface area contributed by atoms with Crippen LogP contribution in [0.1, 0.15) is 18.4 Å². The Morgan fingerprint density at radius 3 is 2.96 bits per heavy atom. The van der Waals surface area contributed by atoms with Gasteiger partial charge in [0.15, 0.2) is 5.13 Å². The summed E-state index contributed by atoms with van der Waals surface area (Å²) in [6.45, 7) is 0.225. The van der Waals surface area contributed by atoms with Crippen LogP contribution in [0.15, 0.2) is 12.1 Å². The van der Waals surface area contributed by atoms with Crippen molar-refractivity contribution in [1.82, 2.24) is 15.2 Å². The number of carbonyl (C=O) groups is 1. The lowest BCUT2D eigenvalue weighted by atomic mass is 10.0. The topological polar surface area (TPSA) is 57.7 Å². The van der Waals surface area contributed by atoms with Crippen molar-refractivity contribution in [1.29, 1.82) is 0 Å². The smallest absolute Gasteiger partial charge is 0.324 e. The Balaban J connectivity index is 1.37. The third-order valence-corrected chi connectivity index (χ3v) is 7.19. The van der Waals surface area contributed by atoms with Gasteiger partial charge in [0, 0.05) is 18.0 Å². The number of aromatic nitrogens is 1. The van der Waals surface area contributed by atoms with Crippen LogP contribution in [-0.4, -0.2) is 59.7 Å². The molecule has 1 N–H and O–H groups in total. The first-order valence-corrected chi connectivity index (χ1v) is 10.1. The van der Waals surface area contributed by atoms with E-state index in [-0.39, 0.29) is 37.2 Å². The van der Waals surface area contributed by atoms with E-state index in [4.69, 9.17) is 9.72 Å². The molecule has 1 aromatic heterocycles. The Morgan fingerprint density at radius 2 is 2.15 bits per heavy atom. The molecule has 3 atom stereocenters. The number of likely N-dealkylation sites (tertiary alicyclic amines) is 1. The van der Waals surface area contributed by atoms with Gasteiger partial charge < -0.3 is 10.1 Å². The highest BCUT2D eigenvalue weighted by atomic mass is 32.1. The van der Waals surface area contributed by atoms with Crippen molar-refractivity contribution >= 4 is 32.7 Å². The molecule has 0 spiro atoms. The fourth-order valence-electron chi connectivity index (χ4n) is 4.99. The fourth-order valence-corrected chi connectivity index (χ4v) is 6.03. The average Bonchev–Trinajstić information content (AvgIpc) is 3.33. The third kappa shape index (κ3) is 2.24. The highest BCUT2D eigenvalue weighted by molar-refractivity contribution is 7.22. The molecule has 6 nitrogen and oxygen atoms in total. The molecule has 4 heterocycles. The molecule has 142 valence electrons. The molecule has 2 amide bonds. The van der Waals surface area contributed by atoms with Gasteiger partial charge in [0.1, 0.15) is 5.75 Å². The number of carbonyl (C=O) groups excluding carboxylic acids is 1. The van der Waals surface area contributed by atoms with Crippen molar-refractivity contribution in [3.63, 3.8) is 0 Å². The van der Waals surface area contributed by atoms with Crippen molar-refractivity contribution in [3.05, 3.63) is 17.7 Å². The summed E-state index contributed by atoms with van der Waals surface area (Å²) >= 11 is 1.48. The molecule has 3 aliphatic heterocycles. The van der Waals surface area contributed by atoms with Crippen LogP contribution in [0.4, 0.5) is 18.7 Å². The third-order valence-electron chi connectivity index (χ3n) is 6.17. The first kappa shape index (κ1) is 16.0. The lowest BCUT2D eigenvalue weighted by Crippen LogP contribution is -2.63. The summed E-state index contributed by atoms with van der Waals surface area (Å²) in [4.78, 5) is 21.0. The SMILES string of the molecule is O=C1N[C@H]2CC[C@H](N3CC(F)(F)C3)[C@H]2N1c1nc2c3c(ccc2s1)OCC3. The lowest BCUT2D eigenvalue weighted by Gasteiger charge is -2.45. The minimum absolute atomic E-state index is 0.00205. The molecule has 2 aromatic rings. The number of thiazole rings is 1. The van der Waals surface area contributed by atoms with Gasteiger partial charge in [-0.1, -0.05) is 11.3 Å². The first-order chi connectivity index (χ1) is 13.0. The van der Waals surface area contributed by atoms with Gasteiger partial charge in [0.05, 0.1) is 42.0 Å². The molecule has 1 aromatic carbocycles. The van der Waals surface area contributed by atoms with Crippen LogP contribution < -0.4 is 15.0 Å². The Morgan fingerprint density at radius 1 is 1.30 bits per heavy atom. The van der Waals surface area contributed by atoms with Crippen LogP contribution >= 0.6 is 11.3 Å². The molecule has 4 aliphatic rings. The second-order valence-corrected chi connectivity index (χ2v) is 8.82. The van der Waals surface area contributed by atoms with E-state index in [0.717, 1.165) is 40.8 Å². The number of hydrogen-bond acceptors (Lipinski definition) is 5. The number of hydrogen-bond donors (Lipinski definition) is 1. The number of ether oxygens (including phenoxy) is 1. The molecule has 2 saturated heterocycles. The van der Waals surface area contributed by atoms with Crippen LogP contribution in [0.5, 0.6) is 5.75 Å². The molecule has 9 heteroatoms. The number of nitrogens with zero attached hydrogens (tertiary/aromatic N) is 3. The number of benzene rings is 1. The van der Waals surface area contributed by atoms with E-state index in [1.165, 1.54) is 11.3 Å². The summed E-state index contributed by atoms with van der Waals surface area (Å²) in [6, 6.07) is 3.58. The lowest BCUT2D eigenvalue weighted by molar-refractivity contribution is -0.146. The van der Waals surface area contributed by atoms with Gasteiger partial charge in [-0.2, -0.15) is 0 Å². The molecular weight excluding hydrogens is 374 g/mol. The Kier molecular flexibility index (Phi) is 3.13. The van der Waals surface area contributed by atoms with Crippen molar-refractivity contribution in [2.45, 2.75) is 43.3 Å². The predicted molar refractivity (Wildman–Crippen MR) is 96.9 cm³/mol. The first-order valence-electron chi connectivity index (χ1n) is 9.27. The van der Waals surface area contributed by atoms with E-state index in [1.54, 1.807) is 4.90 Å². The number of anilines is 1. The highest BCUT2D eigenvalue weighted by Gasteiger charge is 2.56. The van der Waals surface area contributed by atoms with Gasteiger partial charge in [0.2, 0.25) is 0 Å². The number of halogens is 2. The van der Waals surface area contributed by atoms with E-state index in [1.807, 2.05) is 17.0 Å². The monoisotopic (exact) mass is 392 g/mol. The number of alkyl halides is 2. The van der Waals surface area contributed by atoms with E-state index >= 15 is 0 Å². The van der Waals surface area contributed by atoms with Crippen LogP contribution in [-0.2, 0) is 6.42 Å². The Labute approximate surface area is 158 Å². The molecule has 0 unspecified atom stereocenters. The number of nitrogens with one attached hydrogen (secondary N) is 1. The predicted octanol–water partition coefficient (Wildman–Crippen LogP) is 2.61. The summed E-state index contributed by atoms with van der Waals surface area (Å²) in [5, 5.41) is 3.68. The summed E-state index contributed by atoms with van der Waals surface area (Å²) in [7, 11) is 0. The summed E-state index contributed by atoms with van der Waals surface area (Å²) in [5.74, 6) is -1.74. The quantitative estimate of drug-likeness (QED) is 0.854. The van der Waals surface area contributed by atoms with Crippen molar-refractivity contribution < 1.29 is 18.3 Å². The largest absolute Gasteiger partial charge is 0.493 e. The number of rotatable bonds is 2. The van der Waals surface area contributed by atoms with Gasteiger partial charge in [-0.3, -0.25) is 9.80 Å². The molecule has 1 saturated carbocycles. The van der Waals surface area contributed by atoms with Gasteiger partial charge in [-0.15, -0.1) is 0 Å². The molecule has 0 radical (unpaired) electrons. The van der Waals surface area contributed by atoms with E-state index in [2.05, 4.69) is 5.32 Å². The fraction of sp³-hybridized carbons (Fsp3) is 0.556. The van der Waals surface area contributed by atoms with E-state index in [0.29, 0.717) is 11.7 Å². The van der Waals surface area contributed by atoms with Crippen LogP contribution in [0.2, 0.25) is 0 Å². The number of amides is 2. The van der Waals surface area contributed by atoms with Crippen LogP contribution in [0, 0.1) is 0 Å². The summed E-state index contributed by atoms with van der Waals surface area (Å²) in [6.07, 6.45) is 2.45. The minimum Gasteiger partial charge on any atom is -0.493 e. The zero-order valence-corrected chi connectivity index (χ0v) is 15.3. The normalized spacial score (nSPS) is 31.6. The Hall–Kier alpha value is -2.00. The number of fused-ring (bicyclic) bond motifs is 4. The second-order valence-electron chi connectivity index (χ2n) is 7.81. The van der Waals surface area contributed by atoms with Crippen LogP contribution in [0.25, 0.3) is 10.2 Å². The Bertz CT molecular complexity index is 956. The van der Waals surface area contributed by atoms with Crippen molar-refractivity contribution in [2.75, 3.05) is 24.6 Å². The molecular formula is C18H18F2N4O2S. The van der Waals surface area contributed by atoms with Crippen molar-refractivity contribution in [2.24, 2.45) is 0 Å². The maximum Gasteiger partial charge on any atom is 0.324 e. The molecule has 3 fully saturated rings. The van der Waals surface area contributed by atoms with Gasteiger partial charge >= 0.3 is 6.03 Å². The number of urea groups is 1. The summed E-state index contributed by atoms with van der Waals surface area (Å²) in [5.41, 5.74) is 1.99. The molecule has 27 heavy (non-hydrogen) atoms. The minimum atomic E-state index is -2.60. The highest BCUT2D eigenvalue weighted by Crippen LogP contribution is 2.43. The van der Waals surface area contributed by atoms with Gasteiger partial charge in [-0.05, 0) is 25.0 Å². The van der Waals surface area contributed by atoms with Crippen molar-refractivity contribution in [3.8, 4) is 5.75 Å².